The van der Waals surface area contributed by atoms with Gasteiger partial charge in [0.25, 0.3) is 11.8 Å². The highest BCUT2D eigenvalue weighted by molar-refractivity contribution is 6.46. The van der Waals surface area contributed by atoms with Gasteiger partial charge < -0.3 is 15.0 Å². The number of carbonyl (C=O) groups excluding carboxylic acids is 2. The van der Waals surface area contributed by atoms with Gasteiger partial charge >= 0.3 is 0 Å². The van der Waals surface area contributed by atoms with Crippen molar-refractivity contribution in [3.8, 4) is 5.75 Å². The molecule has 0 atom stereocenters. The third kappa shape index (κ3) is 4.20. The topological polar surface area (TPSA) is 61.9 Å². The molecule has 0 unspecified atom stereocenters. The molecule has 6 nitrogen and oxygen atoms in total. The molecule has 2 amide bonds. The molecule has 1 N–H and O–H groups in total. The molecular formula is C27H27N3O3. The van der Waals surface area contributed by atoms with E-state index in [4.69, 9.17) is 4.74 Å². The van der Waals surface area contributed by atoms with Crippen molar-refractivity contribution in [1.29, 1.82) is 0 Å². The van der Waals surface area contributed by atoms with Crippen molar-refractivity contribution in [3.63, 3.8) is 0 Å². The lowest BCUT2D eigenvalue weighted by Crippen LogP contribution is -2.32. The number of benzene rings is 3. The van der Waals surface area contributed by atoms with E-state index in [1.807, 2.05) is 75.3 Å². The van der Waals surface area contributed by atoms with Crippen LogP contribution in [-0.2, 0) is 9.59 Å². The third-order valence-electron chi connectivity index (χ3n) is 5.72. The van der Waals surface area contributed by atoms with Crippen LogP contribution < -0.4 is 19.9 Å². The van der Waals surface area contributed by atoms with E-state index in [-0.39, 0.29) is 17.5 Å². The molecule has 0 spiro atoms. The molecule has 3 aromatic carbocycles. The van der Waals surface area contributed by atoms with E-state index in [9.17, 15) is 9.59 Å². The van der Waals surface area contributed by atoms with Gasteiger partial charge in [-0.2, -0.15) is 0 Å². The van der Waals surface area contributed by atoms with Crippen molar-refractivity contribution in [3.05, 3.63) is 89.1 Å². The van der Waals surface area contributed by atoms with Crippen LogP contribution in [0.15, 0.2) is 72.4 Å². The number of nitrogens with one attached hydrogen (secondary N) is 1. The molecule has 3 aromatic rings. The molecule has 0 aliphatic carbocycles. The summed E-state index contributed by atoms with van der Waals surface area (Å²) < 4.78 is 5.22. The first-order chi connectivity index (χ1) is 15.8. The zero-order chi connectivity index (χ0) is 23.7. The second-order valence-electron chi connectivity index (χ2n) is 8.28. The van der Waals surface area contributed by atoms with Gasteiger partial charge in [0.05, 0.1) is 18.4 Å². The van der Waals surface area contributed by atoms with E-state index in [1.54, 1.807) is 31.4 Å². The summed E-state index contributed by atoms with van der Waals surface area (Å²) in [4.78, 5) is 30.4. The number of ether oxygens (including phenoxy) is 1. The molecule has 1 aliphatic heterocycles. The lowest BCUT2D eigenvalue weighted by Gasteiger charge is -2.18. The van der Waals surface area contributed by atoms with Gasteiger partial charge in [-0.1, -0.05) is 23.8 Å². The highest BCUT2D eigenvalue weighted by Crippen LogP contribution is 2.36. The largest absolute Gasteiger partial charge is 0.497 e. The minimum absolute atomic E-state index is 0.258. The quantitative estimate of drug-likeness (QED) is 0.558. The maximum atomic E-state index is 13.7. The van der Waals surface area contributed by atoms with Crippen molar-refractivity contribution < 1.29 is 14.3 Å². The van der Waals surface area contributed by atoms with Crippen LogP contribution in [0.5, 0.6) is 5.75 Å². The molecule has 0 fully saturated rings. The average molecular weight is 442 g/mol. The number of anilines is 3. The van der Waals surface area contributed by atoms with Crippen molar-refractivity contribution in [1.82, 2.24) is 0 Å². The van der Waals surface area contributed by atoms with Crippen LogP contribution in [0.3, 0.4) is 0 Å². The summed E-state index contributed by atoms with van der Waals surface area (Å²) >= 11 is 0. The normalized spacial score (nSPS) is 13.5. The standard InChI is InChI=1S/C27H27N3O3/c1-17-6-15-23(18(2)16-17)24-25(28-19-7-13-22(33-5)14-8-19)27(32)30(26(24)31)21-11-9-20(10-12-21)29(3)4/h6-16,28H,1-5H3. The number of rotatable bonds is 6. The second kappa shape index (κ2) is 8.82. The lowest BCUT2D eigenvalue weighted by molar-refractivity contribution is -0.120. The fraction of sp³-hybridized carbons (Fsp3) is 0.185. The van der Waals surface area contributed by atoms with Gasteiger partial charge in [0.1, 0.15) is 11.4 Å². The summed E-state index contributed by atoms with van der Waals surface area (Å²) in [6.07, 6.45) is 0. The minimum Gasteiger partial charge on any atom is -0.497 e. The lowest BCUT2D eigenvalue weighted by atomic mass is 9.97. The minimum atomic E-state index is -0.386. The van der Waals surface area contributed by atoms with Gasteiger partial charge in [-0.15, -0.1) is 0 Å². The molecule has 0 aromatic heterocycles. The van der Waals surface area contributed by atoms with E-state index in [2.05, 4.69) is 5.32 Å². The molecule has 168 valence electrons. The Morgan fingerprint density at radius 1 is 0.848 bits per heavy atom. The Labute approximate surface area is 194 Å². The third-order valence-corrected chi connectivity index (χ3v) is 5.72. The van der Waals surface area contributed by atoms with E-state index in [1.165, 1.54) is 4.90 Å². The average Bonchev–Trinajstić information content (AvgIpc) is 3.04. The highest BCUT2D eigenvalue weighted by atomic mass is 16.5. The van der Waals surface area contributed by atoms with Crippen LogP contribution in [0.1, 0.15) is 16.7 Å². The van der Waals surface area contributed by atoms with Gasteiger partial charge in [0.2, 0.25) is 0 Å². The predicted molar refractivity (Wildman–Crippen MR) is 133 cm³/mol. The zero-order valence-corrected chi connectivity index (χ0v) is 19.5. The molecule has 0 saturated heterocycles. The number of aryl methyl sites for hydroxylation is 2. The Bertz CT molecular complexity index is 1240. The van der Waals surface area contributed by atoms with Gasteiger partial charge in [-0.05, 0) is 73.5 Å². The van der Waals surface area contributed by atoms with Gasteiger partial charge in [0, 0.05) is 25.5 Å². The zero-order valence-electron chi connectivity index (χ0n) is 19.5. The summed E-state index contributed by atoms with van der Waals surface area (Å²) in [6, 6.07) is 20.5. The molecule has 33 heavy (non-hydrogen) atoms. The number of hydrogen-bond acceptors (Lipinski definition) is 5. The Hall–Kier alpha value is -4.06. The predicted octanol–water partition coefficient (Wildman–Crippen LogP) is 4.77. The Morgan fingerprint density at radius 3 is 2.09 bits per heavy atom. The second-order valence-corrected chi connectivity index (χ2v) is 8.28. The number of amides is 2. The summed E-state index contributed by atoms with van der Waals surface area (Å²) in [5.74, 6) is -0.0236. The van der Waals surface area contributed by atoms with Crippen LogP contribution in [0.25, 0.3) is 5.57 Å². The van der Waals surface area contributed by atoms with Crippen molar-refractivity contribution in [2.75, 3.05) is 36.3 Å². The summed E-state index contributed by atoms with van der Waals surface area (Å²) in [6.45, 7) is 3.95. The first-order valence-corrected chi connectivity index (χ1v) is 10.7. The van der Waals surface area contributed by atoms with Crippen LogP contribution in [0, 0.1) is 13.8 Å². The number of hydrogen-bond donors (Lipinski definition) is 1. The molecule has 4 rings (SSSR count). The van der Waals surface area contributed by atoms with Crippen molar-refractivity contribution >= 4 is 34.4 Å². The van der Waals surface area contributed by atoms with Gasteiger partial charge in [-0.3, -0.25) is 9.59 Å². The van der Waals surface area contributed by atoms with Crippen molar-refractivity contribution in [2.24, 2.45) is 0 Å². The fourth-order valence-corrected chi connectivity index (χ4v) is 3.94. The van der Waals surface area contributed by atoms with E-state index >= 15 is 0 Å². The Morgan fingerprint density at radius 2 is 1.52 bits per heavy atom. The monoisotopic (exact) mass is 441 g/mol. The molecule has 0 bridgehead atoms. The van der Waals surface area contributed by atoms with Gasteiger partial charge in [-0.25, -0.2) is 4.90 Å². The van der Waals surface area contributed by atoms with E-state index < -0.39 is 0 Å². The Balaban J connectivity index is 1.80. The maximum Gasteiger partial charge on any atom is 0.282 e. The highest BCUT2D eigenvalue weighted by Gasteiger charge is 2.40. The molecule has 6 heteroatoms. The number of methoxy groups -OCH3 is 1. The van der Waals surface area contributed by atoms with Gasteiger partial charge in [0.15, 0.2) is 0 Å². The first-order valence-electron chi connectivity index (χ1n) is 10.7. The van der Waals surface area contributed by atoms with Crippen molar-refractivity contribution in [2.45, 2.75) is 13.8 Å². The van der Waals surface area contributed by atoms with Crippen LogP contribution in [-0.4, -0.2) is 33.0 Å². The Kier molecular flexibility index (Phi) is 5.92. The first kappa shape index (κ1) is 22.1. The summed E-state index contributed by atoms with van der Waals surface area (Å²) in [5, 5.41) is 3.20. The fourth-order valence-electron chi connectivity index (χ4n) is 3.94. The molecule has 0 saturated carbocycles. The van der Waals surface area contributed by atoms with Crippen LogP contribution >= 0.6 is 0 Å². The molecule has 1 heterocycles. The summed E-state index contributed by atoms with van der Waals surface area (Å²) in [7, 11) is 5.48. The maximum absolute atomic E-state index is 13.7. The van der Waals surface area contributed by atoms with E-state index in [0.717, 1.165) is 22.4 Å². The van der Waals surface area contributed by atoms with E-state index in [0.29, 0.717) is 22.7 Å². The summed E-state index contributed by atoms with van der Waals surface area (Å²) in [5.41, 5.74) is 5.60. The number of imide groups is 1. The number of nitrogens with zero attached hydrogens (tertiary/aromatic N) is 2. The molecular weight excluding hydrogens is 414 g/mol. The SMILES string of the molecule is COc1ccc(NC2=C(c3ccc(C)cc3C)C(=O)N(c3ccc(N(C)C)cc3)C2=O)cc1. The smallest absolute Gasteiger partial charge is 0.282 e. The molecule has 0 radical (unpaired) electrons. The number of carbonyl (C=O) groups is 2. The molecule has 1 aliphatic rings. The van der Waals surface area contributed by atoms with Crippen LogP contribution in [0.2, 0.25) is 0 Å². The van der Waals surface area contributed by atoms with Crippen LogP contribution in [0.4, 0.5) is 17.1 Å².